The molecule has 3 heterocycles. The van der Waals surface area contributed by atoms with Gasteiger partial charge in [0, 0.05) is 31.0 Å². The Balaban J connectivity index is 1.25. The zero-order chi connectivity index (χ0) is 25.4. The van der Waals surface area contributed by atoms with Crippen molar-refractivity contribution in [3.63, 3.8) is 0 Å². The third kappa shape index (κ3) is 4.71. The number of benzene rings is 2. The van der Waals surface area contributed by atoms with Gasteiger partial charge in [-0.2, -0.15) is 13.2 Å². The molecule has 0 bridgehead atoms. The number of carbonyl (C=O) groups is 1. The Morgan fingerprint density at radius 3 is 2.58 bits per heavy atom. The average molecular weight is 504 g/mol. The number of ether oxygens (including phenoxy) is 3. The van der Waals surface area contributed by atoms with Crippen LogP contribution in [0.25, 0.3) is 11.4 Å². The van der Waals surface area contributed by atoms with Crippen LogP contribution in [-0.2, 0) is 20.4 Å². The molecule has 1 aromatic heterocycles. The smallest absolute Gasteiger partial charge is 0.416 e. The summed E-state index contributed by atoms with van der Waals surface area (Å²) in [6.07, 6.45) is -7.22. The zero-order valence-electron chi connectivity index (χ0n) is 19.3. The van der Waals surface area contributed by atoms with Gasteiger partial charge in [-0.25, -0.2) is 9.48 Å². The fourth-order valence-electron chi connectivity index (χ4n) is 4.33. The highest BCUT2D eigenvalue weighted by Gasteiger charge is 2.51. The maximum Gasteiger partial charge on any atom is 0.416 e. The van der Waals surface area contributed by atoms with Gasteiger partial charge in [0.2, 0.25) is 0 Å². The van der Waals surface area contributed by atoms with Gasteiger partial charge in [-0.15, -0.1) is 5.10 Å². The molecule has 2 aromatic carbocycles. The Kier molecular flexibility index (Phi) is 6.26. The minimum absolute atomic E-state index is 0.0332. The molecule has 2 aliphatic rings. The van der Waals surface area contributed by atoms with Crippen LogP contribution in [0.5, 0.6) is 0 Å². The third-order valence-electron chi connectivity index (χ3n) is 6.13. The molecule has 190 valence electrons. The van der Waals surface area contributed by atoms with E-state index in [0.29, 0.717) is 5.82 Å². The second-order valence-electron chi connectivity index (χ2n) is 8.70. The van der Waals surface area contributed by atoms with Crippen molar-refractivity contribution in [2.45, 2.75) is 30.5 Å². The summed E-state index contributed by atoms with van der Waals surface area (Å²) >= 11 is 0. The Hall–Kier alpha value is -3.71. The normalized spacial score (nSPS) is 23.4. The fraction of sp³-hybridized carbons (Fsp3) is 0.391. The number of hydrogen-bond donors (Lipinski definition) is 1. The molecule has 0 radical (unpaired) electrons. The molecule has 1 amide bonds. The van der Waals surface area contributed by atoms with E-state index in [9.17, 15) is 18.0 Å². The van der Waals surface area contributed by atoms with Crippen molar-refractivity contribution in [1.29, 1.82) is 0 Å². The van der Waals surface area contributed by atoms with E-state index in [-0.39, 0.29) is 24.9 Å². The lowest BCUT2D eigenvalue weighted by molar-refractivity contribution is -0.137. The summed E-state index contributed by atoms with van der Waals surface area (Å²) in [5, 5.41) is 14.4. The molecular formula is C23H23F3N6O4. The van der Waals surface area contributed by atoms with Gasteiger partial charge in [0.25, 0.3) is 0 Å². The molecule has 2 saturated heterocycles. The summed E-state index contributed by atoms with van der Waals surface area (Å²) in [7, 11) is 3.90. The molecule has 0 saturated carbocycles. The maximum atomic E-state index is 12.9. The number of anilines is 2. The molecule has 36 heavy (non-hydrogen) atoms. The topological polar surface area (TPSA) is 104 Å². The molecule has 0 unspecified atom stereocenters. The minimum atomic E-state index is -4.52. The van der Waals surface area contributed by atoms with E-state index < -0.39 is 36.1 Å². The van der Waals surface area contributed by atoms with E-state index in [1.54, 1.807) is 4.68 Å². The number of carbonyl (C=O) groups excluding carboxylic acids is 1. The Morgan fingerprint density at radius 1 is 1.11 bits per heavy atom. The van der Waals surface area contributed by atoms with Gasteiger partial charge < -0.3 is 19.1 Å². The van der Waals surface area contributed by atoms with Crippen LogP contribution < -0.4 is 10.2 Å². The first-order valence-electron chi connectivity index (χ1n) is 11.1. The molecule has 2 aliphatic heterocycles. The summed E-state index contributed by atoms with van der Waals surface area (Å²) in [5.74, 6) is 0.546. The Morgan fingerprint density at radius 2 is 1.86 bits per heavy atom. The summed E-state index contributed by atoms with van der Waals surface area (Å²) in [6, 6.07) is 11.7. The predicted molar refractivity (Wildman–Crippen MR) is 121 cm³/mol. The van der Waals surface area contributed by atoms with Crippen molar-refractivity contribution in [2.75, 3.05) is 37.5 Å². The van der Waals surface area contributed by atoms with Crippen LogP contribution in [0.2, 0.25) is 0 Å². The number of aromatic nitrogens is 4. The average Bonchev–Trinajstić information content (AvgIpc) is 3.56. The third-order valence-corrected chi connectivity index (χ3v) is 6.13. The number of alkyl halides is 3. The van der Waals surface area contributed by atoms with E-state index in [1.165, 1.54) is 12.1 Å². The number of halogens is 3. The first-order valence-corrected chi connectivity index (χ1v) is 11.1. The lowest BCUT2D eigenvalue weighted by Crippen LogP contribution is -2.35. The lowest BCUT2D eigenvalue weighted by Gasteiger charge is -2.18. The first kappa shape index (κ1) is 24.0. The monoisotopic (exact) mass is 504 g/mol. The Bertz CT molecular complexity index is 1230. The fourth-order valence-corrected chi connectivity index (χ4v) is 4.33. The number of rotatable bonds is 5. The molecule has 4 atom stereocenters. The highest BCUT2D eigenvalue weighted by atomic mass is 19.4. The van der Waals surface area contributed by atoms with Crippen molar-refractivity contribution >= 4 is 17.5 Å². The first-order chi connectivity index (χ1) is 17.2. The highest BCUT2D eigenvalue weighted by molar-refractivity contribution is 5.84. The van der Waals surface area contributed by atoms with Crippen LogP contribution in [0, 0.1) is 0 Å². The molecule has 2 fully saturated rings. The standard InChI is InChI=1S/C23H23F3N6O4/c1-31(2)16-8-6-13(7-9-16)21-28-29-30-32(21)17-11-34-20-18(12-35-19(17)20)36-22(33)27-15-5-3-4-14(10-15)23(24,25)26/h3-10,17-20H,11-12H2,1-2H3,(H,27,33)/t17-,18-,19-,20+/m1/s1. The Labute approximate surface area is 203 Å². The quantitative estimate of drug-likeness (QED) is 0.564. The summed E-state index contributed by atoms with van der Waals surface area (Å²) < 4.78 is 57.6. The van der Waals surface area contributed by atoms with Gasteiger partial charge in [-0.3, -0.25) is 5.32 Å². The van der Waals surface area contributed by atoms with Crippen LogP contribution >= 0.6 is 0 Å². The molecule has 5 rings (SSSR count). The zero-order valence-corrected chi connectivity index (χ0v) is 19.3. The van der Waals surface area contributed by atoms with E-state index >= 15 is 0 Å². The van der Waals surface area contributed by atoms with E-state index in [4.69, 9.17) is 14.2 Å². The SMILES string of the molecule is CN(C)c1ccc(-c2nnnn2[C@@H]2CO[C@@H]3[C@@H]2OC[C@H]3OC(=O)Nc2cccc(C(F)(F)F)c2)cc1. The summed E-state index contributed by atoms with van der Waals surface area (Å²) in [6.45, 7) is 0.301. The minimum Gasteiger partial charge on any atom is -0.441 e. The van der Waals surface area contributed by atoms with Gasteiger partial charge in [-0.1, -0.05) is 6.07 Å². The molecule has 13 heteroatoms. The molecule has 0 aliphatic carbocycles. The van der Waals surface area contributed by atoms with Crippen LogP contribution in [0.4, 0.5) is 29.3 Å². The number of nitrogens with zero attached hydrogens (tertiary/aromatic N) is 5. The van der Waals surface area contributed by atoms with Gasteiger partial charge in [0.15, 0.2) is 11.9 Å². The maximum absolute atomic E-state index is 12.9. The molecule has 1 N–H and O–H groups in total. The lowest BCUT2D eigenvalue weighted by atomic mass is 10.1. The van der Waals surface area contributed by atoms with Crippen molar-refractivity contribution in [1.82, 2.24) is 20.2 Å². The van der Waals surface area contributed by atoms with E-state index in [0.717, 1.165) is 23.4 Å². The van der Waals surface area contributed by atoms with Crippen molar-refractivity contribution < 1.29 is 32.2 Å². The van der Waals surface area contributed by atoms with Crippen molar-refractivity contribution in [3.05, 3.63) is 54.1 Å². The van der Waals surface area contributed by atoms with Crippen molar-refractivity contribution in [3.8, 4) is 11.4 Å². The van der Waals surface area contributed by atoms with E-state index in [2.05, 4.69) is 20.8 Å². The van der Waals surface area contributed by atoms with Crippen LogP contribution in [0.15, 0.2) is 48.5 Å². The molecule has 10 nitrogen and oxygen atoms in total. The number of tetrazole rings is 1. The number of nitrogens with one attached hydrogen (secondary N) is 1. The number of hydrogen-bond acceptors (Lipinski definition) is 8. The summed E-state index contributed by atoms with van der Waals surface area (Å²) in [5.41, 5.74) is 0.944. The molecular weight excluding hydrogens is 481 g/mol. The van der Waals surface area contributed by atoms with Gasteiger partial charge in [0.1, 0.15) is 18.2 Å². The van der Waals surface area contributed by atoms with Gasteiger partial charge >= 0.3 is 12.3 Å². The largest absolute Gasteiger partial charge is 0.441 e. The van der Waals surface area contributed by atoms with Crippen LogP contribution in [-0.4, -0.2) is 71.9 Å². The summed E-state index contributed by atoms with van der Waals surface area (Å²) in [4.78, 5) is 14.4. The van der Waals surface area contributed by atoms with Crippen LogP contribution in [0.1, 0.15) is 11.6 Å². The second kappa shape index (κ2) is 9.39. The van der Waals surface area contributed by atoms with Crippen molar-refractivity contribution in [2.24, 2.45) is 0 Å². The van der Waals surface area contributed by atoms with Crippen LogP contribution in [0.3, 0.4) is 0 Å². The number of fused-ring (bicyclic) bond motifs is 1. The highest BCUT2D eigenvalue weighted by Crippen LogP contribution is 2.37. The second-order valence-corrected chi connectivity index (χ2v) is 8.70. The van der Waals surface area contributed by atoms with Gasteiger partial charge in [-0.05, 0) is 52.9 Å². The number of amides is 1. The molecule has 0 spiro atoms. The predicted octanol–water partition coefficient (Wildman–Crippen LogP) is 3.38. The van der Waals surface area contributed by atoms with E-state index in [1.807, 2.05) is 43.3 Å². The van der Waals surface area contributed by atoms with Gasteiger partial charge in [0.05, 0.1) is 18.8 Å². The molecule has 3 aromatic rings.